The fourth-order valence-electron chi connectivity index (χ4n) is 2.70. The largest absolute Gasteiger partial charge is 0.355 e. The number of carbonyl (C=O) groups is 2. The van der Waals surface area contributed by atoms with Gasteiger partial charge in [0, 0.05) is 51.2 Å². The van der Waals surface area contributed by atoms with Crippen molar-refractivity contribution in [1.82, 2.24) is 20.0 Å². The first-order chi connectivity index (χ1) is 12.0. The highest BCUT2D eigenvalue weighted by atomic mass is 35.5. The Hall–Kier alpha value is -1.15. The van der Waals surface area contributed by atoms with Crippen LogP contribution >= 0.6 is 22.9 Å². The molecule has 6 nitrogen and oxygen atoms in total. The lowest BCUT2D eigenvalue weighted by molar-refractivity contribution is -0.136. The number of thiophene rings is 1. The van der Waals surface area contributed by atoms with E-state index in [4.69, 9.17) is 11.6 Å². The van der Waals surface area contributed by atoms with Gasteiger partial charge in [-0.15, -0.1) is 11.3 Å². The molecule has 1 aromatic heterocycles. The van der Waals surface area contributed by atoms with Crippen LogP contribution in [0.5, 0.6) is 0 Å². The first-order valence-electron chi connectivity index (χ1n) is 8.67. The van der Waals surface area contributed by atoms with Crippen molar-refractivity contribution < 1.29 is 9.59 Å². The van der Waals surface area contributed by atoms with Crippen molar-refractivity contribution in [3.8, 4) is 0 Å². The number of halogens is 1. The average Bonchev–Trinajstić information content (AvgIpc) is 2.99. The van der Waals surface area contributed by atoms with Crippen molar-refractivity contribution in [2.45, 2.75) is 19.9 Å². The maximum Gasteiger partial charge on any atom is 0.239 e. The van der Waals surface area contributed by atoms with Crippen LogP contribution in [0.25, 0.3) is 0 Å². The highest BCUT2D eigenvalue weighted by molar-refractivity contribution is 7.16. The van der Waals surface area contributed by atoms with Crippen LogP contribution in [0.3, 0.4) is 0 Å². The monoisotopic (exact) mass is 386 g/mol. The second-order valence-electron chi connectivity index (χ2n) is 6.36. The minimum absolute atomic E-state index is 0.00913. The minimum atomic E-state index is -0.0999. The van der Waals surface area contributed by atoms with Gasteiger partial charge in [-0.25, -0.2) is 0 Å². The van der Waals surface area contributed by atoms with Crippen LogP contribution in [0.1, 0.15) is 18.2 Å². The fraction of sp³-hybridized carbons (Fsp3) is 0.647. The molecule has 1 aromatic rings. The third-order valence-electron chi connectivity index (χ3n) is 4.21. The smallest absolute Gasteiger partial charge is 0.239 e. The van der Waals surface area contributed by atoms with Crippen molar-refractivity contribution >= 4 is 34.8 Å². The molecule has 0 aromatic carbocycles. The molecular weight excluding hydrogens is 360 g/mol. The zero-order valence-electron chi connectivity index (χ0n) is 15.0. The first-order valence-corrected chi connectivity index (χ1v) is 9.87. The maximum atomic E-state index is 12.3. The SMILES string of the molecule is CCCNC(=O)CN(C)C(=O)CN1CCN(Cc2ccc(Cl)s2)CC1. The van der Waals surface area contributed by atoms with Gasteiger partial charge in [-0.3, -0.25) is 19.4 Å². The Kier molecular flexibility index (Phi) is 8.15. The quantitative estimate of drug-likeness (QED) is 0.735. The summed E-state index contributed by atoms with van der Waals surface area (Å²) in [6.45, 7) is 7.65. The Bertz CT molecular complexity index is 573. The van der Waals surface area contributed by atoms with Crippen LogP contribution in [0, 0.1) is 0 Å². The van der Waals surface area contributed by atoms with Crippen molar-refractivity contribution in [2.75, 3.05) is 52.9 Å². The third-order valence-corrected chi connectivity index (χ3v) is 5.43. The van der Waals surface area contributed by atoms with Crippen LogP contribution in [0.2, 0.25) is 4.34 Å². The summed E-state index contributed by atoms with van der Waals surface area (Å²) in [5, 5.41) is 2.79. The summed E-state index contributed by atoms with van der Waals surface area (Å²) in [5.74, 6) is -0.109. The molecule has 1 fully saturated rings. The van der Waals surface area contributed by atoms with Crippen LogP contribution in [-0.4, -0.2) is 79.4 Å². The van der Waals surface area contributed by atoms with E-state index in [9.17, 15) is 9.59 Å². The van der Waals surface area contributed by atoms with Gasteiger partial charge >= 0.3 is 0 Å². The summed E-state index contributed by atoms with van der Waals surface area (Å²) >= 11 is 7.59. The molecule has 25 heavy (non-hydrogen) atoms. The molecule has 0 atom stereocenters. The highest BCUT2D eigenvalue weighted by Crippen LogP contribution is 2.23. The summed E-state index contributed by atoms with van der Waals surface area (Å²) in [5.41, 5.74) is 0. The van der Waals surface area contributed by atoms with E-state index in [2.05, 4.69) is 21.2 Å². The van der Waals surface area contributed by atoms with E-state index in [0.717, 1.165) is 43.5 Å². The molecule has 0 saturated carbocycles. The molecule has 2 rings (SSSR count). The summed E-state index contributed by atoms with van der Waals surface area (Å²) in [6.07, 6.45) is 0.894. The van der Waals surface area contributed by atoms with Crippen LogP contribution in [0.4, 0.5) is 0 Å². The predicted molar refractivity (Wildman–Crippen MR) is 102 cm³/mol. The molecule has 1 aliphatic heterocycles. The molecule has 0 unspecified atom stereocenters. The van der Waals surface area contributed by atoms with E-state index in [-0.39, 0.29) is 18.4 Å². The molecule has 0 aliphatic carbocycles. The van der Waals surface area contributed by atoms with Gasteiger partial charge in [-0.05, 0) is 18.6 Å². The highest BCUT2D eigenvalue weighted by Gasteiger charge is 2.21. The van der Waals surface area contributed by atoms with Gasteiger partial charge in [-0.2, -0.15) is 0 Å². The molecular formula is C17H27ClN4O2S. The predicted octanol–water partition coefficient (Wildman–Crippen LogP) is 1.50. The maximum absolute atomic E-state index is 12.3. The Morgan fingerprint density at radius 3 is 2.52 bits per heavy atom. The standard InChI is InChI=1S/C17H27ClN4O2S/c1-3-6-19-16(23)12-20(2)17(24)13-22-9-7-21(8-10-22)11-14-4-5-15(18)25-14/h4-5H,3,6-13H2,1-2H3,(H,19,23). The normalized spacial score (nSPS) is 16.0. The lowest BCUT2D eigenvalue weighted by Crippen LogP contribution is -2.50. The number of rotatable bonds is 8. The van der Waals surface area contributed by atoms with E-state index in [1.54, 1.807) is 18.4 Å². The molecule has 0 bridgehead atoms. The second kappa shape index (κ2) is 10.1. The molecule has 8 heteroatoms. The summed E-state index contributed by atoms with van der Waals surface area (Å²) < 4.78 is 0.824. The van der Waals surface area contributed by atoms with Gasteiger partial charge in [0.15, 0.2) is 0 Å². The number of likely N-dealkylation sites (N-methyl/N-ethyl adjacent to an activating group) is 1. The molecule has 1 aliphatic rings. The first kappa shape index (κ1) is 20.2. The van der Waals surface area contributed by atoms with E-state index >= 15 is 0 Å². The van der Waals surface area contributed by atoms with Gasteiger partial charge in [0.25, 0.3) is 0 Å². The molecule has 2 heterocycles. The Morgan fingerprint density at radius 2 is 1.92 bits per heavy atom. The van der Waals surface area contributed by atoms with E-state index in [1.165, 1.54) is 9.78 Å². The Morgan fingerprint density at radius 1 is 1.24 bits per heavy atom. The third kappa shape index (κ3) is 6.93. The van der Waals surface area contributed by atoms with Crippen molar-refractivity contribution in [3.05, 3.63) is 21.3 Å². The summed E-state index contributed by atoms with van der Waals surface area (Å²) in [6, 6.07) is 4.00. The van der Waals surface area contributed by atoms with Gasteiger partial charge in [-0.1, -0.05) is 18.5 Å². The van der Waals surface area contributed by atoms with E-state index in [0.29, 0.717) is 13.1 Å². The summed E-state index contributed by atoms with van der Waals surface area (Å²) in [7, 11) is 1.69. The number of amides is 2. The molecule has 0 radical (unpaired) electrons. The Balaban J connectivity index is 1.68. The fourth-order valence-corrected chi connectivity index (χ4v) is 3.83. The van der Waals surface area contributed by atoms with Crippen LogP contribution in [-0.2, 0) is 16.1 Å². The van der Waals surface area contributed by atoms with Gasteiger partial charge < -0.3 is 10.2 Å². The van der Waals surface area contributed by atoms with Crippen molar-refractivity contribution in [3.63, 3.8) is 0 Å². The number of nitrogens with zero attached hydrogens (tertiary/aromatic N) is 3. The van der Waals surface area contributed by atoms with Crippen molar-refractivity contribution in [2.24, 2.45) is 0 Å². The van der Waals surface area contributed by atoms with Crippen LogP contribution in [0.15, 0.2) is 12.1 Å². The van der Waals surface area contributed by atoms with Crippen molar-refractivity contribution in [1.29, 1.82) is 0 Å². The van der Waals surface area contributed by atoms with E-state index < -0.39 is 0 Å². The zero-order valence-corrected chi connectivity index (χ0v) is 16.5. The molecule has 1 saturated heterocycles. The number of nitrogens with one attached hydrogen (secondary N) is 1. The number of piperazine rings is 1. The summed E-state index contributed by atoms with van der Waals surface area (Å²) in [4.78, 5) is 31.3. The molecule has 0 spiro atoms. The topological polar surface area (TPSA) is 55.9 Å². The minimum Gasteiger partial charge on any atom is -0.355 e. The van der Waals surface area contributed by atoms with E-state index in [1.807, 2.05) is 13.0 Å². The average molecular weight is 387 g/mol. The molecule has 2 amide bonds. The molecule has 140 valence electrons. The number of hydrogen-bond donors (Lipinski definition) is 1. The second-order valence-corrected chi connectivity index (χ2v) is 8.16. The number of hydrogen-bond acceptors (Lipinski definition) is 5. The zero-order chi connectivity index (χ0) is 18.2. The Labute approximate surface area is 158 Å². The van der Waals surface area contributed by atoms with Gasteiger partial charge in [0.1, 0.15) is 0 Å². The van der Waals surface area contributed by atoms with Crippen LogP contribution < -0.4 is 5.32 Å². The lowest BCUT2D eigenvalue weighted by Gasteiger charge is -2.34. The van der Waals surface area contributed by atoms with Gasteiger partial charge in [0.05, 0.1) is 17.4 Å². The van der Waals surface area contributed by atoms with Gasteiger partial charge in [0.2, 0.25) is 11.8 Å². The number of carbonyl (C=O) groups excluding carboxylic acids is 2. The lowest BCUT2D eigenvalue weighted by atomic mass is 10.3. The molecule has 1 N–H and O–H groups in total.